The van der Waals surface area contributed by atoms with Crippen molar-refractivity contribution in [3.8, 4) is 0 Å². The van der Waals surface area contributed by atoms with Gasteiger partial charge in [-0.3, -0.25) is 0 Å². The molecule has 0 unspecified atom stereocenters. The molecule has 1 fully saturated rings. The Morgan fingerprint density at radius 3 is 2.63 bits per heavy atom. The third kappa shape index (κ3) is 3.29. The van der Waals surface area contributed by atoms with Crippen molar-refractivity contribution in [3.63, 3.8) is 0 Å². The van der Waals surface area contributed by atoms with Crippen molar-refractivity contribution in [2.75, 3.05) is 20.8 Å². The second-order valence-electron chi connectivity index (χ2n) is 4.79. The molecule has 3 nitrogen and oxygen atoms in total. The van der Waals surface area contributed by atoms with Gasteiger partial charge in [-0.05, 0) is 43.4 Å². The molecule has 108 valence electrons. The first-order valence-electron chi connectivity index (χ1n) is 6.44. The van der Waals surface area contributed by atoms with Gasteiger partial charge in [0, 0.05) is 19.3 Å². The highest BCUT2D eigenvalue weighted by Gasteiger charge is 2.44. The molecule has 0 saturated heterocycles. The van der Waals surface area contributed by atoms with Crippen LogP contribution in [-0.2, 0) is 9.47 Å². The van der Waals surface area contributed by atoms with Crippen molar-refractivity contribution >= 4 is 11.6 Å². The van der Waals surface area contributed by atoms with Gasteiger partial charge in [0.2, 0.25) is 0 Å². The Kier molecular flexibility index (Phi) is 6.27. The van der Waals surface area contributed by atoms with Gasteiger partial charge in [0.05, 0.1) is 12.0 Å². The number of rotatable bonds is 5. The van der Waals surface area contributed by atoms with Crippen molar-refractivity contribution < 1.29 is 14.6 Å². The van der Waals surface area contributed by atoms with E-state index in [1.54, 1.807) is 14.2 Å². The molecule has 0 heterocycles. The van der Waals surface area contributed by atoms with E-state index in [0.29, 0.717) is 5.03 Å². The summed E-state index contributed by atoms with van der Waals surface area (Å²) in [4.78, 5) is 0. The number of aliphatic hydroxyl groups excluding tert-OH is 1. The normalized spacial score (nSPS) is 27.4. The largest absolute Gasteiger partial charge is 0.395 e. The highest BCUT2D eigenvalue weighted by Crippen LogP contribution is 2.46. The molecule has 0 aromatic carbocycles. The van der Waals surface area contributed by atoms with Crippen molar-refractivity contribution in [2.24, 2.45) is 5.41 Å². The Hall–Kier alpha value is -0.610. The number of hydrogen-bond acceptors (Lipinski definition) is 3. The predicted molar refractivity (Wildman–Crippen MR) is 78.0 cm³/mol. The Balaban J connectivity index is 3.14. The first-order chi connectivity index (χ1) is 9.05. The van der Waals surface area contributed by atoms with E-state index in [0.717, 1.165) is 30.4 Å². The SMILES string of the molecule is C=C1/C(=C\C(Cl)=C/C)CCC[C@@]1(CO)C(OC)OC. The van der Waals surface area contributed by atoms with Crippen molar-refractivity contribution in [2.45, 2.75) is 32.5 Å². The molecule has 1 N–H and O–H groups in total. The molecule has 1 rings (SSSR count). The van der Waals surface area contributed by atoms with Gasteiger partial charge in [0.1, 0.15) is 0 Å². The smallest absolute Gasteiger partial charge is 0.168 e. The van der Waals surface area contributed by atoms with Gasteiger partial charge in [-0.15, -0.1) is 0 Å². The van der Waals surface area contributed by atoms with Crippen LogP contribution in [0.1, 0.15) is 26.2 Å². The third-order valence-electron chi connectivity index (χ3n) is 3.81. The minimum Gasteiger partial charge on any atom is -0.395 e. The molecule has 1 atom stereocenters. The first kappa shape index (κ1) is 16.4. The summed E-state index contributed by atoms with van der Waals surface area (Å²) in [5.41, 5.74) is 1.33. The Morgan fingerprint density at radius 2 is 2.16 bits per heavy atom. The minimum atomic E-state index is -0.585. The zero-order valence-electron chi connectivity index (χ0n) is 11.9. The average Bonchev–Trinajstić information content (AvgIpc) is 2.43. The summed E-state index contributed by atoms with van der Waals surface area (Å²) < 4.78 is 10.7. The number of ether oxygens (including phenoxy) is 2. The second-order valence-corrected chi connectivity index (χ2v) is 5.23. The molecule has 1 saturated carbocycles. The summed E-state index contributed by atoms with van der Waals surface area (Å²) in [5, 5.41) is 10.5. The number of hydrogen-bond donors (Lipinski definition) is 1. The van der Waals surface area contributed by atoms with E-state index in [1.807, 2.05) is 19.1 Å². The van der Waals surface area contributed by atoms with Crippen molar-refractivity contribution in [1.82, 2.24) is 0 Å². The summed E-state index contributed by atoms with van der Waals surface area (Å²) in [6.07, 6.45) is 5.89. The molecule has 19 heavy (non-hydrogen) atoms. The summed E-state index contributed by atoms with van der Waals surface area (Å²) in [5.74, 6) is 0. The van der Waals surface area contributed by atoms with Gasteiger partial charge in [-0.25, -0.2) is 0 Å². The van der Waals surface area contributed by atoms with E-state index < -0.39 is 11.7 Å². The van der Waals surface area contributed by atoms with E-state index in [2.05, 4.69) is 6.58 Å². The highest BCUT2D eigenvalue weighted by atomic mass is 35.5. The number of methoxy groups -OCH3 is 2. The fraction of sp³-hybridized carbons (Fsp3) is 0.600. The summed E-state index contributed by atoms with van der Waals surface area (Å²) in [6.45, 7) is 5.98. The van der Waals surface area contributed by atoms with Gasteiger partial charge >= 0.3 is 0 Å². The van der Waals surface area contributed by atoms with Gasteiger partial charge in [0.15, 0.2) is 6.29 Å². The summed E-state index contributed by atoms with van der Waals surface area (Å²) >= 11 is 6.07. The second kappa shape index (κ2) is 7.25. The maximum Gasteiger partial charge on any atom is 0.168 e. The maximum atomic E-state index is 9.86. The Labute approximate surface area is 120 Å². The Bertz CT molecular complexity index is 383. The maximum absolute atomic E-state index is 9.86. The molecule has 4 heteroatoms. The zero-order chi connectivity index (χ0) is 14.5. The van der Waals surface area contributed by atoms with Crippen LogP contribution in [0.4, 0.5) is 0 Å². The molecular weight excluding hydrogens is 264 g/mol. The summed E-state index contributed by atoms with van der Waals surface area (Å²) in [6, 6.07) is 0. The minimum absolute atomic E-state index is 0.0526. The van der Waals surface area contributed by atoms with Crippen LogP contribution < -0.4 is 0 Å². The lowest BCUT2D eigenvalue weighted by Gasteiger charge is -2.43. The number of aliphatic hydroxyl groups is 1. The molecule has 0 spiro atoms. The van der Waals surface area contributed by atoms with E-state index in [1.165, 1.54) is 0 Å². The molecule has 0 bridgehead atoms. The van der Waals surface area contributed by atoms with E-state index in [9.17, 15) is 5.11 Å². The number of allylic oxidation sites excluding steroid dienone is 4. The van der Waals surface area contributed by atoms with E-state index >= 15 is 0 Å². The van der Waals surface area contributed by atoms with Crippen molar-refractivity contribution in [3.05, 3.63) is 34.9 Å². The van der Waals surface area contributed by atoms with Crippen LogP contribution in [0.2, 0.25) is 0 Å². The molecule has 1 aliphatic carbocycles. The third-order valence-corrected chi connectivity index (χ3v) is 4.13. The summed E-state index contributed by atoms with van der Waals surface area (Å²) in [7, 11) is 3.16. The monoisotopic (exact) mass is 286 g/mol. The molecular formula is C15H23ClO3. The lowest BCUT2D eigenvalue weighted by atomic mass is 9.68. The van der Waals surface area contributed by atoms with Crippen LogP contribution in [0.25, 0.3) is 0 Å². The van der Waals surface area contributed by atoms with Crippen molar-refractivity contribution in [1.29, 1.82) is 0 Å². The van der Waals surface area contributed by atoms with Crippen LogP contribution in [0.15, 0.2) is 34.9 Å². The predicted octanol–water partition coefficient (Wildman–Crippen LogP) is 3.39. The van der Waals surface area contributed by atoms with Crippen LogP contribution in [0, 0.1) is 5.41 Å². The van der Waals surface area contributed by atoms with Gasteiger partial charge in [-0.2, -0.15) is 0 Å². The average molecular weight is 287 g/mol. The molecule has 0 amide bonds. The highest BCUT2D eigenvalue weighted by molar-refractivity contribution is 6.31. The lowest BCUT2D eigenvalue weighted by Crippen LogP contribution is -2.44. The van der Waals surface area contributed by atoms with Crippen LogP contribution >= 0.6 is 11.6 Å². The molecule has 0 aliphatic heterocycles. The topological polar surface area (TPSA) is 38.7 Å². The fourth-order valence-corrected chi connectivity index (χ4v) is 2.81. The van der Waals surface area contributed by atoms with E-state index in [4.69, 9.17) is 21.1 Å². The fourth-order valence-electron chi connectivity index (χ4n) is 2.68. The van der Waals surface area contributed by atoms with Crippen LogP contribution in [0.3, 0.4) is 0 Å². The standard InChI is InChI=1S/C15H23ClO3/c1-5-13(16)9-12-7-6-8-15(10-17,11(12)2)14(18-3)19-4/h5,9,14,17H,2,6-8,10H2,1,3-4H3/b12-9-,13-5+/t15-/m0/s1. The van der Waals surface area contributed by atoms with Gasteiger partial charge in [0.25, 0.3) is 0 Å². The zero-order valence-corrected chi connectivity index (χ0v) is 12.7. The quantitative estimate of drug-likeness (QED) is 0.787. The van der Waals surface area contributed by atoms with Gasteiger partial charge < -0.3 is 14.6 Å². The van der Waals surface area contributed by atoms with Crippen LogP contribution in [0.5, 0.6) is 0 Å². The molecule has 1 aliphatic rings. The lowest BCUT2D eigenvalue weighted by molar-refractivity contribution is -0.180. The molecule has 0 aromatic heterocycles. The Morgan fingerprint density at radius 1 is 1.53 bits per heavy atom. The van der Waals surface area contributed by atoms with Gasteiger partial charge in [-0.1, -0.05) is 24.3 Å². The molecule has 0 radical (unpaired) electrons. The first-order valence-corrected chi connectivity index (χ1v) is 6.82. The molecule has 0 aromatic rings. The van der Waals surface area contributed by atoms with E-state index in [-0.39, 0.29) is 6.61 Å². The number of halogens is 1. The van der Waals surface area contributed by atoms with Crippen LogP contribution in [-0.4, -0.2) is 32.2 Å².